The van der Waals surface area contributed by atoms with Gasteiger partial charge in [0.2, 0.25) is 0 Å². The van der Waals surface area contributed by atoms with Crippen LogP contribution in [0.2, 0.25) is 0 Å². The highest BCUT2D eigenvalue weighted by molar-refractivity contribution is 5.93. The van der Waals surface area contributed by atoms with Crippen LogP contribution in [0.25, 0.3) is 0 Å². The predicted molar refractivity (Wildman–Crippen MR) is 114 cm³/mol. The molecule has 0 unspecified atom stereocenters. The van der Waals surface area contributed by atoms with Gasteiger partial charge in [-0.05, 0) is 35.1 Å². The molecule has 0 aromatic heterocycles. The number of para-hydroxylation sites is 1. The van der Waals surface area contributed by atoms with E-state index in [4.69, 9.17) is 0 Å². The molecular weight excluding hydrogens is 351 g/mol. The smallest absolute Gasteiger partial charge is 0.279 e. The maximum atomic E-state index is 13.2. The van der Waals surface area contributed by atoms with E-state index in [2.05, 4.69) is 65.1 Å². The van der Waals surface area contributed by atoms with Crippen molar-refractivity contribution in [1.82, 2.24) is 0 Å². The fourth-order valence-corrected chi connectivity index (χ4v) is 3.60. The molecule has 0 aliphatic rings. The monoisotopic (exact) mass is 385 g/mol. The van der Waals surface area contributed by atoms with Gasteiger partial charge in [-0.25, -0.2) is 4.39 Å². The lowest BCUT2D eigenvalue weighted by Gasteiger charge is -2.22. The molecule has 2 aromatic rings. The van der Waals surface area contributed by atoms with Crippen molar-refractivity contribution in [3.8, 4) is 0 Å². The molecule has 0 saturated heterocycles. The minimum atomic E-state index is -0.240. The summed E-state index contributed by atoms with van der Waals surface area (Å²) >= 11 is 0. The zero-order valence-electron chi connectivity index (χ0n) is 17.9. The number of anilines is 1. The van der Waals surface area contributed by atoms with Gasteiger partial charge in [0.1, 0.15) is 11.9 Å². The second-order valence-electron chi connectivity index (χ2n) is 8.43. The third-order valence-electron chi connectivity index (χ3n) is 5.17. The van der Waals surface area contributed by atoms with E-state index in [-0.39, 0.29) is 17.8 Å². The van der Waals surface area contributed by atoms with Gasteiger partial charge >= 0.3 is 0 Å². The molecule has 0 bridgehead atoms. The maximum absolute atomic E-state index is 13.2. The van der Waals surface area contributed by atoms with Crippen LogP contribution in [0.15, 0.2) is 42.5 Å². The van der Waals surface area contributed by atoms with Gasteiger partial charge in [-0.1, -0.05) is 71.9 Å². The van der Waals surface area contributed by atoms with E-state index >= 15 is 0 Å². The van der Waals surface area contributed by atoms with Gasteiger partial charge in [0.25, 0.3) is 5.91 Å². The summed E-state index contributed by atoms with van der Waals surface area (Å²) in [4.78, 5) is 12.8. The molecule has 3 nitrogen and oxygen atoms in total. The number of halogens is 1. The highest BCUT2D eigenvalue weighted by Gasteiger charge is 2.22. The second kappa shape index (κ2) is 9.83. The Morgan fingerprint density at radius 3 is 1.93 bits per heavy atom. The summed E-state index contributed by atoms with van der Waals surface area (Å²) in [6, 6.07) is 12.9. The van der Waals surface area contributed by atoms with Crippen molar-refractivity contribution in [2.24, 2.45) is 5.92 Å². The molecule has 0 aliphatic carbocycles. The first kappa shape index (κ1) is 22.1. The van der Waals surface area contributed by atoms with Gasteiger partial charge in [-0.2, -0.15) is 0 Å². The Bertz CT molecular complexity index is 755. The van der Waals surface area contributed by atoms with E-state index in [0.29, 0.717) is 24.3 Å². The fraction of sp³-hybridized carbons (Fsp3) is 0.458. The first-order valence-electron chi connectivity index (χ1n) is 10.2. The molecule has 2 aromatic carbocycles. The molecule has 1 atom stereocenters. The Balaban J connectivity index is 2.14. The number of nitrogens with one attached hydrogen (secondary N) is 1. The number of carbonyl (C=O) groups is 1. The molecule has 2 rings (SSSR count). The van der Waals surface area contributed by atoms with E-state index in [1.807, 2.05) is 5.32 Å². The fourth-order valence-electron chi connectivity index (χ4n) is 3.60. The third-order valence-corrected chi connectivity index (χ3v) is 5.17. The predicted octanol–water partition coefficient (Wildman–Crippen LogP) is 4.97. The molecule has 4 heteroatoms. The summed E-state index contributed by atoms with van der Waals surface area (Å²) in [7, 11) is 0. The normalized spacial score (nSPS) is 12.6. The molecule has 0 saturated carbocycles. The van der Waals surface area contributed by atoms with Crippen LogP contribution in [0.3, 0.4) is 0 Å². The SMILES string of the molecule is CC(C)c1cccc(C(C)C)c1NC(=O)C[NH2+][C@@H](c1ccc(F)cc1)C(C)C. The van der Waals surface area contributed by atoms with Crippen molar-refractivity contribution in [2.75, 3.05) is 11.9 Å². The van der Waals surface area contributed by atoms with Gasteiger partial charge in [0.05, 0.1) is 0 Å². The number of carbonyl (C=O) groups excluding carboxylic acids is 1. The first-order chi connectivity index (χ1) is 13.2. The molecule has 0 fully saturated rings. The van der Waals surface area contributed by atoms with Gasteiger partial charge in [-0.15, -0.1) is 0 Å². The van der Waals surface area contributed by atoms with Gasteiger partial charge in [0.15, 0.2) is 6.54 Å². The number of hydrogen-bond acceptors (Lipinski definition) is 1. The molecule has 28 heavy (non-hydrogen) atoms. The number of rotatable bonds is 8. The lowest BCUT2D eigenvalue weighted by Crippen LogP contribution is -2.88. The average Bonchev–Trinajstić information content (AvgIpc) is 2.62. The Hall–Kier alpha value is -2.20. The van der Waals surface area contributed by atoms with Crippen LogP contribution in [0.1, 0.15) is 76.1 Å². The lowest BCUT2D eigenvalue weighted by molar-refractivity contribution is -0.692. The van der Waals surface area contributed by atoms with Crippen LogP contribution in [0.5, 0.6) is 0 Å². The Labute approximate surface area is 168 Å². The van der Waals surface area contributed by atoms with Crippen LogP contribution in [0, 0.1) is 11.7 Å². The minimum Gasteiger partial charge on any atom is -0.332 e. The van der Waals surface area contributed by atoms with Crippen LogP contribution in [0.4, 0.5) is 10.1 Å². The molecule has 1 amide bonds. The lowest BCUT2D eigenvalue weighted by atomic mass is 9.92. The third kappa shape index (κ3) is 5.65. The molecule has 0 heterocycles. The second-order valence-corrected chi connectivity index (χ2v) is 8.43. The standard InChI is InChI=1S/C24H33FN2O/c1-15(2)20-8-7-9-21(16(3)4)24(20)27-22(28)14-26-23(17(5)6)18-10-12-19(25)13-11-18/h7-13,15-17,23,26H,14H2,1-6H3,(H,27,28)/p+1/t23-/m1/s1. The van der Waals surface area contributed by atoms with E-state index in [9.17, 15) is 9.18 Å². The van der Waals surface area contributed by atoms with Crippen LogP contribution < -0.4 is 10.6 Å². The van der Waals surface area contributed by atoms with Crippen LogP contribution in [-0.4, -0.2) is 12.5 Å². The Morgan fingerprint density at radius 1 is 0.929 bits per heavy atom. The topological polar surface area (TPSA) is 45.7 Å². The van der Waals surface area contributed by atoms with Crippen molar-refractivity contribution in [3.63, 3.8) is 0 Å². The van der Waals surface area contributed by atoms with E-state index in [1.54, 1.807) is 12.1 Å². The van der Waals surface area contributed by atoms with E-state index in [0.717, 1.165) is 11.3 Å². The van der Waals surface area contributed by atoms with Gasteiger partial charge in [-0.3, -0.25) is 4.79 Å². The zero-order chi connectivity index (χ0) is 20.8. The van der Waals surface area contributed by atoms with E-state index < -0.39 is 0 Å². The van der Waals surface area contributed by atoms with Crippen molar-refractivity contribution in [1.29, 1.82) is 0 Å². The first-order valence-corrected chi connectivity index (χ1v) is 10.2. The number of quaternary nitrogens is 1. The van der Waals surface area contributed by atoms with Crippen molar-refractivity contribution in [3.05, 3.63) is 65.0 Å². The summed E-state index contributed by atoms with van der Waals surface area (Å²) < 4.78 is 13.2. The number of hydrogen-bond donors (Lipinski definition) is 2. The number of nitrogens with two attached hydrogens (primary N) is 1. The van der Waals surface area contributed by atoms with Crippen molar-refractivity contribution < 1.29 is 14.5 Å². The molecule has 152 valence electrons. The summed E-state index contributed by atoms with van der Waals surface area (Å²) in [5.41, 5.74) is 4.32. The highest BCUT2D eigenvalue weighted by Crippen LogP contribution is 2.32. The minimum absolute atomic E-state index is 0.0113. The Kier molecular flexibility index (Phi) is 7.76. The zero-order valence-corrected chi connectivity index (χ0v) is 17.9. The van der Waals surface area contributed by atoms with E-state index in [1.165, 1.54) is 23.3 Å². The van der Waals surface area contributed by atoms with Gasteiger partial charge in [0, 0.05) is 17.2 Å². The molecular formula is C24H34FN2O+. The summed E-state index contributed by atoms with van der Waals surface area (Å²) in [5, 5.41) is 5.21. The largest absolute Gasteiger partial charge is 0.332 e. The molecule has 0 radical (unpaired) electrons. The maximum Gasteiger partial charge on any atom is 0.279 e. The highest BCUT2D eigenvalue weighted by atomic mass is 19.1. The molecule has 0 spiro atoms. The Morgan fingerprint density at radius 2 is 1.46 bits per heavy atom. The summed E-state index contributed by atoms with van der Waals surface area (Å²) in [5.74, 6) is 0.743. The summed E-state index contributed by atoms with van der Waals surface area (Å²) in [6.45, 7) is 13.1. The quantitative estimate of drug-likeness (QED) is 0.662. The van der Waals surface area contributed by atoms with Gasteiger partial charge < -0.3 is 10.6 Å². The number of amides is 1. The van der Waals surface area contributed by atoms with Crippen molar-refractivity contribution >= 4 is 11.6 Å². The van der Waals surface area contributed by atoms with Crippen LogP contribution >= 0.6 is 0 Å². The van der Waals surface area contributed by atoms with Crippen molar-refractivity contribution in [2.45, 2.75) is 59.4 Å². The molecule has 0 aliphatic heterocycles. The summed E-state index contributed by atoms with van der Waals surface area (Å²) in [6.07, 6.45) is 0. The average molecular weight is 386 g/mol. The van der Waals surface area contributed by atoms with Crippen LogP contribution in [-0.2, 0) is 4.79 Å². The number of benzene rings is 2. The molecule has 3 N–H and O–H groups in total.